The van der Waals surface area contributed by atoms with Gasteiger partial charge in [0.15, 0.2) is 8.07 Å². The second-order valence-electron chi connectivity index (χ2n) is 20.5. The molecule has 0 N–H and O–H groups in total. The van der Waals surface area contributed by atoms with Gasteiger partial charge in [0, 0.05) is 33.9 Å². The van der Waals surface area contributed by atoms with Crippen molar-refractivity contribution in [1.29, 1.82) is 0 Å². The lowest BCUT2D eigenvalue weighted by Crippen LogP contribution is -2.88. The van der Waals surface area contributed by atoms with Crippen molar-refractivity contribution in [2.75, 3.05) is 9.80 Å². The molecule has 0 aromatic heterocycles. The van der Waals surface area contributed by atoms with Crippen molar-refractivity contribution in [1.82, 2.24) is 0 Å². The highest BCUT2D eigenvalue weighted by molar-refractivity contribution is 7.27. The van der Waals surface area contributed by atoms with Gasteiger partial charge < -0.3 is 9.80 Å². The van der Waals surface area contributed by atoms with E-state index in [4.69, 9.17) is 0 Å². The molecule has 318 valence electrons. The van der Waals surface area contributed by atoms with Crippen LogP contribution >= 0.6 is 0 Å². The molecule has 0 radical (unpaired) electrons. The van der Waals surface area contributed by atoms with Crippen LogP contribution in [-0.2, 0) is 10.8 Å². The topological polar surface area (TPSA) is 6.48 Å². The minimum Gasteiger partial charge on any atom is -0.311 e. The third-order valence-corrected chi connectivity index (χ3v) is 19.5. The Bertz CT molecular complexity index is 3110. The van der Waals surface area contributed by atoms with Crippen LogP contribution in [0.5, 0.6) is 0 Å². The van der Waals surface area contributed by atoms with Crippen LogP contribution in [0.4, 0.5) is 34.1 Å². The Hall–Kier alpha value is -7.14. The molecule has 0 bridgehead atoms. The highest BCUT2D eigenvalue weighted by atomic mass is 28.3. The third kappa shape index (κ3) is 5.94. The van der Waals surface area contributed by atoms with E-state index in [0.717, 1.165) is 0 Å². The first kappa shape index (κ1) is 40.4. The zero-order valence-electron chi connectivity index (χ0n) is 38.7. The smallest absolute Gasteiger partial charge is 0.251 e. The maximum Gasteiger partial charge on any atom is 0.251 e. The summed E-state index contributed by atoms with van der Waals surface area (Å²) in [4.78, 5) is 5.27. The quantitative estimate of drug-likeness (QED) is 0.154. The monoisotopic (exact) mass is 864 g/mol. The van der Waals surface area contributed by atoms with Crippen LogP contribution in [0.25, 0.3) is 22.3 Å². The maximum atomic E-state index is 2.63. The number of nitrogens with zero attached hydrogens (tertiary/aromatic N) is 2. The first-order valence-corrected chi connectivity index (χ1v) is 25.6. The fraction of sp³-hybridized carbons (Fsp3) is 0.129. The lowest BCUT2D eigenvalue weighted by Gasteiger charge is -2.51. The molecule has 0 saturated carbocycles. The molecule has 0 unspecified atom stereocenters. The SMILES string of the molecule is CC(C)(C)c1ccc(N2c3cccc4c3B3c5c2cccc5[Si](c2ccccc2)(c2ccccc2)c2cccc(c23)N4c2ccc(C(C)(C)C)cc2-c2ccccc2)c(-c2ccccc2)c1. The van der Waals surface area contributed by atoms with Gasteiger partial charge in [-0.1, -0.05) is 205 Å². The Kier molecular flexibility index (Phi) is 9.15. The van der Waals surface area contributed by atoms with E-state index in [1.54, 1.807) is 0 Å². The number of benzene rings is 9. The largest absolute Gasteiger partial charge is 0.311 e. The molecule has 0 atom stereocenters. The molecule has 0 amide bonds. The van der Waals surface area contributed by atoms with Crippen molar-refractivity contribution in [3.63, 3.8) is 0 Å². The second kappa shape index (κ2) is 15.0. The Morgan fingerprint density at radius 1 is 0.333 bits per heavy atom. The number of anilines is 6. The third-order valence-electron chi connectivity index (χ3n) is 14.7. The van der Waals surface area contributed by atoms with E-state index in [-0.39, 0.29) is 17.5 Å². The number of hydrogen-bond donors (Lipinski definition) is 0. The predicted molar refractivity (Wildman–Crippen MR) is 286 cm³/mol. The van der Waals surface area contributed by atoms with Crippen molar-refractivity contribution >= 4 is 86.0 Å². The van der Waals surface area contributed by atoms with Gasteiger partial charge in [0.1, 0.15) is 0 Å². The molecule has 3 aliphatic heterocycles. The predicted octanol–water partition coefficient (Wildman–Crippen LogP) is 11.4. The van der Waals surface area contributed by atoms with E-state index in [1.807, 2.05) is 0 Å². The Labute approximate surface area is 392 Å². The molecule has 9 aromatic carbocycles. The van der Waals surface area contributed by atoms with Crippen molar-refractivity contribution < 1.29 is 0 Å². The first-order valence-electron chi connectivity index (χ1n) is 23.6. The summed E-state index contributed by atoms with van der Waals surface area (Å²) in [5.41, 5.74) is 19.1. The van der Waals surface area contributed by atoms with E-state index in [9.17, 15) is 0 Å². The van der Waals surface area contributed by atoms with E-state index in [2.05, 4.69) is 264 Å². The van der Waals surface area contributed by atoms with Crippen LogP contribution < -0.4 is 46.9 Å². The van der Waals surface area contributed by atoms with Gasteiger partial charge in [-0.3, -0.25) is 0 Å². The Morgan fingerprint density at radius 2 is 0.682 bits per heavy atom. The van der Waals surface area contributed by atoms with E-state index < -0.39 is 8.07 Å². The molecule has 2 nitrogen and oxygen atoms in total. The van der Waals surface area contributed by atoms with Gasteiger partial charge >= 0.3 is 0 Å². The molecule has 9 aromatic rings. The molecule has 0 spiro atoms. The summed E-state index contributed by atoms with van der Waals surface area (Å²) in [6.07, 6.45) is 0. The zero-order valence-corrected chi connectivity index (χ0v) is 39.7. The molecule has 0 fully saturated rings. The van der Waals surface area contributed by atoms with Crippen LogP contribution in [0.2, 0.25) is 0 Å². The lowest BCUT2D eigenvalue weighted by atomic mass is 9.33. The zero-order chi connectivity index (χ0) is 45.0. The van der Waals surface area contributed by atoms with Gasteiger partial charge in [-0.25, -0.2) is 0 Å². The molecule has 66 heavy (non-hydrogen) atoms. The summed E-state index contributed by atoms with van der Waals surface area (Å²) in [7, 11) is -2.99. The van der Waals surface area contributed by atoms with E-state index in [1.165, 1.54) is 105 Å². The molecule has 0 aliphatic carbocycles. The fourth-order valence-corrected chi connectivity index (χ4v) is 16.9. The molecule has 4 heteroatoms. The number of hydrogen-bond acceptors (Lipinski definition) is 2. The summed E-state index contributed by atoms with van der Waals surface area (Å²) < 4.78 is 0. The summed E-state index contributed by atoms with van der Waals surface area (Å²) in [5.74, 6) is 0. The minimum absolute atomic E-state index is 0.0247. The summed E-state index contributed by atoms with van der Waals surface area (Å²) >= 11 is 0. The maximum absolute atomic E-state index is 2.99. The van der Waals surface area contributed by atoms with Crippen molar-refractivity contribution in [2.24, 2.45) is 0 Å². The summed E-state index contributed by atoms with van der Waals surface area (Å²) in [6.45, 7) is 14.0. The number of rotatable bonds is 6. The van der Waals surface area contributed by atoms with Gasteiger partial charge in [-0.2, -0.15) is 0 Å². The molecular formula is C62H53BN2Si. The van der Waals surface area contributed by atoms with Gasteiger partial charge in [-0.15, -0.1) is 0 Å². The molecular weight excluding hydrogens is 812 g/mol. The normalized spacial score (nSPS) is 14.2. The average Bonchev–Trinajstić information content (AvgIpc) is 3.34. The molecule has 0 saturated heterocycles. The van der Waals surface area contributed by atoms with Crippen LogP contribution in [0.1, 0.15) is 52.7 Å². The highest BCUT2D eigenvalue weighted by Crippen LogP contribution is 2.49. The van der Waals surface area contributed by atoms with Crippen molar-refractivity contribution in [3.05, 3.63) is 223 Å². The van der Waals surface area contributed by atoms with Crippen molar-refractivity contribution in [3.8, 4) is 22.3 Å². The van der Waals surface area contributed by atoms with Gasteiger partial charge in [-0.05, 0) is 119 Å². The average molecular weight is 865 g/mol. The van der Waals surface area contributed by atoms with Gasteiger partial charge in [0.2, 0.25) is 0 Å². The highest BCUT2D eigenvalue weighted by Gasteiger charge is 2.56. The first-order chi connectivity index (χ1) is 32.0. The minimum atomic E-state index is -2.99. The van der Waals surface area contributed by atoms with Gasteiger partial charge in [0.05, 0.1) is 11.4 Å². The summed E-state index contributed by atoms with van der Waals surface area (Å²) in [6, 6.07) is 81.1. The van der Waals surface area contributed by atoms with E-state index in [0.29, 0.717) is 0 Å². The second-order valence-corrected chi connectivity index (χ2v) is 24.2. The van der Waals surface area contributed by atoms with Crippen LogP contribution in [-0.4, -0.2) is 14.8 Å². The fourth-order valence-electron chi connectivity index (χ4n) is 11.6. The standard InChI is InChI=1S/C62H53BN2Si/c1-61(2,3)44-36-38-50(48(40-44)42-22-11-7-12-23-42)64-52-30-19-31-53-58(52)63-59-54(64)32-20-34-56(59)66(46-26-15-9-16-27-46,47-28-17-10-18-29-47)57-35-21-33-55(60(57)63)65(53)51-39-37-45(62(4,5)6)41-49(51)43-24-13-8-14-25-43/h7-41H,1-6H3. The Morgan fingerprint density at radius 3 is 1.06 bits per heavy atom. The Balaban J connectivity index is 1.25. The van der Waals surface area contributed by atoms with Crippen LogP contribution in [0, 0.1) is 0 Å². The molecule has 3 aliphatic rings. The summed E-state index contributed by atoms with van der Waals surface area (Å²) in [5, 5.41) is 5.74. The molecule has 3 heterocycles. The van der Waals surface area contributed by atoms with Crippen LogP contribution in [0.3, 0.4) is 0 Å². The lowest BCUT2D eigenvalue weighted by molar-refractivity contribution is 0.590. The molecule has 12 rings (SSSR count). The van der Waals surface area contributed by atoms with Gasteiger partial charge in [0.25, 0.3) is 6.71 Å². The van der Waals surface area contributed by atoms with E-state index >= 15 is 0 Å². The van der Waals surface area contributed by atoms with Crippen molar-refractivity contribution in [2.45, 2.75) is 52.4 Å². The van der Waals surface area contributed by atoms with Crippen LogP contribution in [0.15, 0.2) is 212 Å².